The zero-order chi connectivity index (χ0) is 32.1. The van der Waals surface area contributed by atoms with Crippen molar-refractivity contribution in [3.05, 3.63) is 12.8 Å². The Hall–Kier alpha value is -0.481. The smallest absolute Gasteiger partial charge is 0.249 e. The van der Waals surface area contributed by atoms with Crippen molar-refractivity contribution in [3.8, 4) is 0 Å². The first kappa shape index (κ1) is 53.0. The molecule has 0 aromatic rings. The second-order valence-electron chi connectivity index (χ2n) is 9.98. The molecule has 3 atom stereocenters. The number of hydrogen-bond donors (Lipinski definition) is 6. The summed E-state index contributed by atoms with van der Waals surface area (Å²) in [7, 11) is 2.66. The monoisotopic (exact) mass is 759 g/mol. The van der Waals surface area contributed by atoms with Crippen molar-refractivity contribution in [1.29, 1.82) is 0 Å². The van der Waals surface area contributed by atoms with Crippen LogP contribution in [0.5, 0.6) is 0 Å². The van der Waals surface area contributed by atoms with E-state index in [0.29, 0.717) is 12.8 Å². The van der Waals surface area contributed by atoms with E-state index in [-0.39, 0.29) is 118 Å². The van der Waals surface area contributed by atoms with Gasteiger partial charge in [0.15, 0.2) is 11.1 Å². The van der Waals surface area contributed by atoms with E-state index in [2.05, 4.69) is 36.4 Å². The summed E-state index contributed by atoms with van der Waals surface area (Å²) in [5.74, 6) is -0.384. The van der Waals surface area contributed by atoms with Gasteiger partial charge in [-0.1, -0.05) is 6.58 Å². The molecular formula is C25H52N6O8P3V2-. The largest absolute Gasteiger partial charge is 0.500 e. The van der Waals surface area contributed by atoms with Gasteiger partial charge in [-0.05, 0) is 53.7 Å². The van der Waals surface area contributed by atoms with Crippen LogP contribution in [0.4, 0.5) is 0 Å². The molecule has 19 heteroatoms. The Labute approximate surface area is 293 Å². The third-order valence-corrected chi connectivity index (χ3v) is 5.69. The normalized spacial score (nSPS) is 14.9. The van der Waals surface area contributed by atoms with Crippen molar-refractivity contribution >= 4 is 51.0 Å². The van der Waals surface area contributed by atoms with Gasteiger partial charge in [0.05, 0.1) is 25.9 Å². The first-order valence-electron chi connectivity index (χ1n) is 13.3. The quantitative estimate of drug-likeness (QED) is 0.130. The van der Waals surface area contributed by atoms with Crippen LogP contribution in [-0.4, -0.2) is 117 Å². The second-order valence-corrected chi connectivity index (χ2v) is 10.9. The van der Waals surface area contributed by atoms with Crippen LogP contribution in [0.15, 0.2) is 23.0 Å². The number of likely N-dealkylation sites (tertiary alicyclic amines) is 2. The molecule has 0 bridgehead atoms. The van der Waals surface area contributed by atoms with Gasteiger partial charge in [0.25, 0.3) is 0 Å². The number of hydrogen-bond acceptors (Lipinski definition) is 10. The minimum atomic E-state index is -1.14. The molecule has 0 aromatic carbocycles. The van der Waals surface area contributed by atoms with E-state index < -0.39 is 11.1 Å². The van der Waals surface area contributed by atoms with Gasteiger partial charge in [-0.15, -0.1) is 0 Å². The van der Waals surface area contributed by atoms with Crippen LogP contribution < -0.4 is 10.6 Å². The molecule has 2 saturated heterocycles. The number of amides is 4. The predicted octanol–water partition coefficient (Wildman–Crippen LogP) is 0.638. The van der Waals surface area contributed by atoms with Crippen LogP contribution >= 0.6 is 27.3 Å². The van der Waals surface area contributed by atoms with E-state index in [1.165, 1.54) is 0 Å². The molecule has 2 rings (SSSR count). The van der Waals surface area contributed by atoms with E-state index in [4.69, 9.17) is 20.2 Å². The van der Waals surface area contributed by atoms with Gasteiger partial charge in [-0.25, -0.2) is 0 Å². The van der Waals surface area contributed by atoms with Gasteiger partial charge in [0, 0.05) is 76.1 Å². The topological polar surface area (TPSA) is 204 Å². The maximum atomic E-state index is 11.8. The molecule has 3 unspecified atom stereocenters. The Kier molecular flexibility index (Phi) is 36.0. The summed E-state index contributed by atoms with van der Waals surface area (Å²) in [5.41, 5.74) is -2.27. The number of aliphatic hydroxyl groups is 3. The zero-order valence-electron chi connectivity index (χ0n) is 26.5. The van der Waals surface area contributed by atoms with Gasteiger partial charge in [0.2, 0.25) is 23.6 Å². The van der Waals surface area contributed by atoms with E-state index in [1.807, 2.05) is 6.92 Å². The van der Waals surface area contributed by atoms with Gasteiger partial charge < -0.3 is 49.6 Å². The summed E-state index contributed by atoms with van der Waals surface area (Å²) in [4.78, 5) is 56.1. The standard InChI is InChI=1S/C12H24N4O4.C7H13NO2.C6H9NO.H3OP2.H3P.2V/c1-11(2,9(19)13-5-7-17)15-16-12(3,4)10(20)14-6-8-18;1-6(5-9)8-4-2-3-7(8)10;1-2-7-5-3-4-6(7)8;1-3-2;;;/h17-18H,5-8H2,1-4H3,(H,13,19)(H,14,20);6,9H,2-5H2,1H3;2H,1,3-5H2;1-3H;1H3;;/q;;;-1;;;. The summed E-state index contributed by atoms with van der Waals surface area (Å²) in [5, 5.41) is 38.9. The molecule has 2 aliphatic heterocycles. The molecule has 0 spiro atoms. The molecule has 2 heterocycles. The van der Waals surface area contributed by atoms with Crippen LogP contribution in [0.2, 0.25) is 0 Å². The van der Waals surface area contributed by atoms with E-state index in [9.17, 15) is 19.2 Å². The number of azo groups is 1. The Morgan fingerprint density at radius 3 is 1.59 bits per heavy atom. The third kappa shape index (κ3) is 22.9. The van der Waals surface area contributed by atoms with E-state index >= 15 is 0 Å². The van der Waals surface area contributed by atoms with Gasteiger partial charge in [-0.2, -0.15) is 28.6 Å². The summed E-state index contributed by atoms with van der Waals surface area (Å²) < 4.78 is 0. The van der Waals surface area contributed by atoms with Crippen molar-refractivity contribution in [2.24, 2.45) is 10.2 Å². The Morgan fingerprint density at radius 2 is 1.34 bits per heavy atom. The first-order chi connectivity index (χ1) is 19.2. The second kappa shape index (κ2) is 29.9. The number of nitrogens with zero attached hydrogens (tertiary/aromatic N) is 4. The van der Waals surface area contributed by atoms with E-state index in [0.717, 1.165) is 25.9 Å². The zero-order valence-corrected chi connectivity index (χ0v) is 32.7. The van der Waals surface area contributed by atoms with Crippen LogP contribution in [0.25, 0.3) is 0 Å². The maximum absolute atomic E-state index is 11.8. The third-order valence-electron chi connectivity index (χ3n) is 5.69. The van der Waals surface area contributed by atoms with Gasteiger partial charge in [0.1, 0.15) is 0 Å². The van der Waals surface area contributed by atoms with Crippen molar-refractivity contribution in [3.63, 3.8) is 0 Å². The Morgan fingerprint density at radius 1 is 0.955 bits per heavy atom. The average Bonchev–Trinajstić information content (AvgIpc) is 3.57. The van der Waals surface area contributed by atoms with Crippen LogP contribution in [0, 0.1) is 0 Å². The molecule has 14 nitrogen and oxygen atoms in total. The SMILES string of the molecule is C=CN1CCCC1=O.CC(C)(N=NC(C)(C)C(=O)NCCO)C(=O)NCCO.CC(CO)N1CCCC1=O.OP[PH-].P.[V].[V]. The minimum Gasteiger partial charge on any atom is -0.500 e. The number of nitrogens with one attached hydrogen (secondary N) is 2. The number of carbonyl (C=O) groups is 4. The summed E-state index contributed by atoms with van der Waals surface area (Å²) in [6.07, 6.45) is 4.89. The number of carbonyl (C=O) groups excluding carboxylic acids is 4. The molecular weight excluding hydrogens is 707 g/mol. The van der Waals surface area contributed by atoms with Crippen molar-refractivity contribution in [2.45, 2.75) is 77.4 Å². The fraction of sp³-hybridized carbons (Fsp3) is 0.760. The van der Waals surface area contributed by atoms with Crippen LogP contribution in [0.1, 0.15) is 60.3 Å². The average molecular weight is 760 g/mol. The number of rotatable bonds is 11. The summed E-state index contributed by atoms with van der Waals surface area (Å²) >= 11 is 0. The summed E-state index contributed by atoms with van der Waals surface area (Å²) in [6, 6.07) is 0.00926. The molecule has 0 saturated carbocycles. The maximum Gasteiger partial charge on any atom is 0.249 e. The van der Waals surface area contributed by atoms with Crippen molar-refractivity contribution in [1.82, 2.24) is 20.4 Å². The minimum absolute atomic E-state index is 0. The molecule has 4 amide bonds. The van der Waals surface area contributed by atoms with Crippen LogP contribution in [0.3, 0.4) is 0 Å². The fourth-order valence-electron chi connectivity index (χ4n) is 3.21. The molecule has 0 aromatic heterocycles. The summed E-state index contributed by atoms with van der Waals surface area (Å²) in [6.45, 7) is 13.3. The first-order valence-corrected chi connectivity index (χ1v) is 15.7. The van der Waals surface area contributed by atoms with Gasteiger partial charge in [-0.3, -0.25) is 19.2 Å². The van der Waals surface area contributed by atoms with Crippen molar-refractivity contribution in [2.75, 3.05) is 46.0 Å². The van der Waals surface area contributed by atoms with Crippen LogP contribution in [-0.2, 0) is 56.3 Å². The molecule has 2 radical (unpaired) electrons. The van der Waals surface area contributed by atoms with Gasteiger partial charge >= 0.3 is 0 Å². The molecule has 256 valence electrons. The Balaban J connectivity index is -0.000000176. The molecule has 44 heavy (non-hydrogen) atoms. The van der Waals surface area contributed by atoms with E-state index in [1.54, 1.807) is 43.7 Å². The molecule has 0 aliphatic carbocycles. The van der Waals surface area contributed by atoms with Crippen molar-refractivity contribution < 1.29 is 76.5 Å². The fourth-order valence-corrected chi connectivity index (χ4v) is 3.21. The molecule has 2 aliphatic rings. The number of aliphatic hydroxyl groups excluding tert-OH is 3. The predicted molar refractivity (Wildman–Crippen MR) is 172 cm³/mol. The Bertz CT molecular complexity index is 827. The molecule has 6 N–H and O–H groups in total. The molecule has 2 fully saturated rings.